The molecule has 0 N–H and O–H groups in total. The summed E-state index contributed by atoms with van der Waals surface area (Å²) >= 11 is 0. The molecule has 1 rings (SSSR count). The van der Waals surface area contributed by atoms with Gasteiger partial charge in [-0.25, -0.2) is 6.57 Å². The highest BCUT2D eigenvalue weighted by Gasteiger charge is 2.41. The predicted octanol–water partition coefficient (Wildman–Crippen LogP) is 1.45. The summed E-state index contributed by atoms with van der Waals surface area (Å²) in [7, 11) is 0. The van der Waals surface area contributed by atoms with Crippen LogP contribution in [0.2, 0.25) is 0 Å². The summed E-state index contributed by atoms with van der Waals surface area (Å²) in [5, 5.41) is 0. The quantitative estimate of drug-likeness (QED) is 0.494. The van der Waals surface area contributed by atoms with E-state index in [9.17, 15) is 0 Å². The van der Waals surface area contributed by atoms with Crippen LogP contribution in [0.5, 0.6) is 0 Å². The number of ether oxygens (including phenoxy) is 2. The first kappa shape index (κ1) is 8.51. The molecule has 0 aromatic carbocycles. The van der Waals surface area contributed by atoms with Gasteiger partial charge in [0.2, 0.25) is 0 Å². The topological polar surface area (TPSA) is 22.8 Å². The molecule has 0 bridgehead atoms. The summed E-state index contributed by atoms with van der Waals surface area (Å²) in [5.74, 6) is -0.510. The molecule has 0 radical (unpaired) electrons. The van der Waals surface area contributed by atoms with Crippen molar-refractivity contribution in [2.75, 3.05) is 13.2 Å². The molecule has 0 saturated carbocycles. The smallest absolute Gasteiger partial charge is 0.275 e. The molecular formula is C8H13NO2. The van der Waals surface area contributed by atoms with Crippen LogP contribution in [0.3, 0.4) is 0 Å². The molecule has 0 spiro atoms. The fourth-order valence-electron chi connectivity index (χ4n) is 0.806. The summed E-state index contributed by atoms with van der Waals surface area (Å²) in [4.78, 5) is 3.44. The zero-order chi connectivity index (χ0) is 8.54. The lowest BCUT2D eigenvalue weighted by atomic mass is 10.1. The molecule has 62 valence electrons. The van der Waals surface area contributed by atoms with Crippen molar-refractivity contribution in [3.8, 4) is 0 Å². The molecule has 0 unspecified atom stereocenters. The minimum Gasteiger partial charge on any atom is -0.342 e. The zero-order valence-corrected chi connectivity index (χ0v) is 7.18. The highest BCUT2D eigenvalue weighted by atomic mass is 16.7. The summed E-state index contributed by atoms with van der Waals surface area (Å²) in [5.41, 5.74) is -0.477. The van der Waals surface area contributed by atoms with Crippen LogP contribution >= 0.6 is 0 Å². The first-order valence-corrected chi connectivity index (χ1v) is 3.64. The fraction of sp³-hybridized carbons (Fsp3) is 0.875. The maximum atomic E-state index is 6.89. The van der Waals surface area contributed by atoms with Gasteiger partial charge in [0.05, 0.1) is 0 Å². The standard InChI is InChI=1S/C8H13NO2/c1-7(2)10-5-8(3,9-4)6-11-7/h5-6H2,1-3H3. The van der Waals surface area contributed by atoms with Gasteiger partial charge in [0, 0.05) is 6.92 Å². The van der Waals surface area contributed by atoms with Crippen LogP contribution < -0.4 is 0 Å². The van der Waals surface area contributed by atoms with Crippen LogP contribution in [0.25, 0.3) is 4.85 Å². The third kappa shape index (κ3) is 1.92. The van der Waals surface area contributed by atoms with Crippen LogP contribution in [-0.4, -0.2) is 24.5 Å². The third-order valence-corrected chi connectivity index (χ3v) is 1.73. The van der Waals surface area contributed by atoms with Crippen molar-refractivity contribution >= 4 is 0 Å². The average molecular weight is 155 g/mol. The molecule has 0 aromatic heterocycles. The first-order valence-electron chi connectivity index (χ1n) is 3.64. The van der Waals surface area contributed by atoms with E-state index < -0.39 is 11.3 Å². The van der Waals surface area contributed by atoms with Gasteiger partial charge in [-0.15, -0.1) is 0 Å². The Labute approximate surface area is 67.1 Å². The first-order chi connectivity index (χ1) is 4.97. The lowest BCUT2D eigenvalue weighted by molar-refractivity contribution is -0.259. The molecule has 0 amide bonds. The highest BCUT2D eigenvalue weighted by molar-refractivity contribution is 4.96. The van der Waals surface area contributed by atoms with Gasteiger partial charge in [0.15, 0.2) is 5.79 Å². The van der Waals surface area contributed by atoms with E-state index >= 15 is 0 Å². The molecule has 0 aliphatic carbocycles. The van der Waals surface area contributed by atoms with E-state index in [1.165, 1.54) is 0 Å². The Kier molecular flexibility index (Phi) is 1.91. The second kappa shape index (κ2) is 2.47. The SMILES string of the molecule is [C-]#[N+]C1(C)COC(C)(C)OC1. The Bertz CT molecular complexity index is 183. The van der Waals surface area contributed by atoms with Gasteiger partial charge in [0.25, 0.3) is 5.54 Å². The van der Waals surface area contributed by atoms with Crippen molar-refractivity contribution in [2.45, 2.75) is 32.1 Å². The lowest BCUT2D eigenvalue weighted by Crippen LogP contribution is -2.47. The number of nitrogens with zero attached hydrogens (tertiary/aromatic N) is 1. The molecule has 11 heavy (non-hydrogen) atoms. The fourth-order valence-corrected chi connectivity index (χ4v) is 0.806. The Balaban J connectivity index is 2.56. The van der Waals surface area contributed by atoms with Crippen molar-refractivity contribution in [1.29, 1.82) is 0 Å². The summed E-state index contributed by atoms with van der Waals surface area (Å²) in [6, 6.07) is 0. The summed E-state index contributed by atoms with van der Waals surface area (Å²) in [6.45, 7) is 13.4. The Morgan fingerprint density at radius 2 is 1.64 bits per heavy atom. The third-order valence-electron chi connectivity index (χ3n) is 1.73. The Morgan fingerprint density at radius 1 is 1.18 bits per heavy atom. The van der Waals surface area contributed by atoms with E-state index in [0.29, 0.717) is 13.2 Å². The molecule has 1 aliphatic heterocycles. The molecule has 3 nitrogen and oxygen atoms in total. The van der Waals surface area contributed by atoms with E-state index in [0.717, 1.165) is 0 Å². The van der Waals surface area contributed by atoms with Crippen LogP contribution in [0.4, 0.5) is 0 Å². The average Bonchev–Trinajstić information content (AvgIpc) is 1.97. The summed E-state index contributed by atoms with van der Waals surface area (Å²) < 4.78 is 10.7. The summed E-state index contributed by atoms with van der Waals surface area (Å²) in [6.07, 6.45) is 0. The maximum Gasteiger partial charge on any atom is 0.275 e. The Hall–Kier alpha value is -0.590. The molecule has 1 saturated heterocycles. The van der Waals surface area contributed by atoms with Crippen molar-refractivity contribution in [1.82, 2.24) is 0 Å². The predicted molar refractivity (Wildman–Crippen MR) is 41.0 cm³/mol. The van der Waals surface area contributed by atoms with Crippen molar-refractivity contribution in [3.63, 3.8) is 0 Å². The normalized spacial score (nSPS) is 27.5. The van der Waals surface area contributed by atoms with Crippen LogP contribution in [0.15, 0.2) is 0 Å². The van der Waals surface area contributed by atoms with Crippen molar-refractivity contribution in [2.24, 2.45) is 0 Å². The van der Waals surface area contributed by atoms with E-state index in [1.54, 1.807) is 0 Å². The van der Waals surface area contributed by atoms with Crippen LogP contribution in [-0.2, 0) is 9.47 Å². The second-order valence-corrected chi connectivity index (χ2v) is 3.59. The zero-order valence-electron chi connectivity index (χ0n) is 7.18. The molecule has 0 aromatic rings. The largest absolute Gasteiger partial charge is 0.342 e. The van der Waals surface area contributed by atoms with Crippen LogP contribution in [0.1, 0.15) is 20.8 Å². The van der Waals surface area contributed by atoms with E-state index in [4.69, 9.17) is 16.0 Å². The molecule has 3 heteroatoms. The van der Waals surface area contributed by atoms with Crippen molar-refractivity contribution in [3.05, 3.63) is 11.4 Å². The minimum absolute atomic E-state index is 0.462. The van der Waals surface area contributed by atoms with Crippen LogP contribution in [0, 0.1) is 6.57 Å². The van der Waals surface area contributed by atoms with Gasteiger partial charge >= 0.3 is 0 Å². The van der Waals surface area contributed by atoms with Gasteiger partial charge in [-0.3, -0.25) is 0 Å². The van der Waals surface area contributed by atoms with Gasteiger partial charge in [-0.05, 0) is 13.8 Å². The molecule has 1 heterocycles. The number of rotatable bonds is 0. The highest BCUT2D eigenvalue weighted by Crippen LogP contribution is 2.25. The lowest BCUT2D eigenvalue weighted by Gasteiger charge is -2.34. The number of hydrogen-bond donors (Lipinski definition) is 0. The Morgan fingerprint density at radius 3 is 2.00 bits per heavy atom. The van der Waals surface area contributed by atoms with E-state index in [-0.39, 0.29) is 0 Å². The van der Waals surface area contributed by atoms with Gasteiger partial charge in [0.1, 0.15) is 13.2 Å². The minimum atomic E-state index is -0.510. The van der Waals surface area contributed by atoms with Gasteiger partial charge in [-0.1, -0.05) is 0 Å². The molecular weight excluding hydrogens is 142 g/mol. The van der Waals surface area contributed by atoms with Gasteiger partial charge < -0.3 is 14.3 Å². The van der Waals surface area contributed by atoms with E-state index in [2.05, 4.69) is 4.85 Å². The monoisotopic (exact) mass is 155 g/mol. The molecule has 1 aliphatic rings. The van der Waals surface area contributed by atoms with Crippen molar-refractivity contribution < 1.29 is 9.47 Å². The second-order valence-electron chi connectivity index (χ2n) is 3.59. The van der Waals surface area contributed by atoms with E-state index in [1.807, 2.05) is 20.8 Å². The molecule has 1 fully saturated rings. The molecule has 0 atom stereocenters. The maximum absolute atomic E-state index is 6.89. The van der Waals surface area contributed by atoms with Gasteiger partial charge in [-0.2, -0.15) is 0 Å². The number of hydrogen-bond acceptors (Lipinski definition) is 2.